The van der Waals surface area contributed by atoms with Gasteiger partial charge < -0.3 is 19.8 Å². The minimum atomic E-state index is -1.20. The first-order chi connectivity index (χ1) is 7.66. The molecule has 8 heteroatoms. The lowest BCUT2D eigenvalue weighted by Crippen LogP contribution is -2.29. The third kappa shape index (κ3) is 2.00. The maximum atomic E-state index is 11.5. The number of anilines is 1. The molecule has 0 saturated carbocycles. The van der Waals surface area contributed by atoms with E-state index in [0.717, 1.165) is 0 Å². The Kier molecular flexibility index (Phi) is 2.54. The fraction of sp³-hybridized carbons (Fsp3) is 0.250. The number of hydrogen-bond acceptors (Lipinski definition) is 6. The Balaban J connectivity index is 1.92. The van der Waals surface area contributed by atoms with Gasteiger partial charge in [0, 0.05) is 12.5 Å². The van der Waals surface area contributed by atoms with Crippen molar-refractivity contribution in [2.75, 3.05) is 5.32 Å². The van der Waals surface area contributed by atoms with Gasteiger partial charge >= 0.3 is 5.97 Å². The summed E-state index contributed by atoms with van der Waals surface area (Å²) in [5.74, 6) is -1.48. The molecule has 16 heavy (non-hydrogen) atoms. The summed E-state index contributed by atoms with van der Waals surface area (Å²) >= 11 is 0. The largest absolute Gasteiger partial charge is 0.477 e. The monoisotopic (exact) mass is 225 g/mol. The van der Waals surface area contributed by atoms with E-state index in [4.69, 9.17) is 5.11 Å². The van der Waals surface area contributed by atoms with Crippen molar-refractivity contribution >= 4 is 23.4 Å². The van der Waals surface area contributed by atoms with Crippen LogP contribution in [0.3, 0.4) is 0 Å². The summed E-state index contributed by atoms with van der Waals surface area (Å²) < 4.78 is 4.51. The molecule has 0 saturated heterocycles. The van der Waals surface area contributed by atoms with Crippen molar-refractivity contribution in [1.82, 2.24) is 5.16 Å². The molecule has 1 atom stereocenters. The molecular weight excluding hydrogens is 218 g/mol. The van der Waals surface area contributed by atoms with E-state index in [0.29, 0.717) is 0 Å². The molecule has 1 aliphatic heterocycles. The van der Waals surface area contributed by atoms with E-state index in [9.17, 15) is 9.59 Å². The standard InChI is InChI=1S/C8H7N3O5/c12-7(9-6-1-2-15-11-6)5-3-4(8(13)14)10-16-5/h1-2,5H,3H2,(H,13,14)(H,9,11,12). The highest BCUT2D eigenvalue weighted by molar-refractivity contribution is 6.36. The van der Waals surface area contributed by atoms with Crippen molar-refractivity contribution in [3.63, 3.8) is 0 Å². The Bertz CT molecular complexity index is 439. The average molecular weight is 225 g/mol. The van der Waals surface area contributed by atoms with E-state index < -0.39 is 18.0 Å². The van der Waals surface area contributed by atoms with Gasteiger partial charge in [-0.2, -0.15) is 0 Å². The van der Waals surface area contributed by atoms with Crippen LogP contribution in [0, 0.1) is 0 Å². The number of carbonyl (C=O) groups excluding carboxylic acids is 1. The molecule has 0 bridgehead atoms. The first-order valence-electron chi connectivity index (χ1n) is 4.34. The second-order valence-electron chi connectivity index (χ2n) is 3.02. The number of oxime groups is 1. The smallest absolute Gasteiger partial charge is 0.353 e. The zero-order valence-electron chi connectivity index (χ0n) is 7.91. The molecule has 8 nitrogen and oxygen atoms in total. The van der Waals surface area contributed by atoms with Crippen LogP contribution in [0.2, 0.25) is 0 Å². The molecule has 1 aromatic heterocycles. The fourth-order valence-electron chi connectivity index (χ4n) is 1.13. The number of carboxylic acids is 1. The van der Waals surface area contributed by atoms with E-state index in [1.54, 1.807) is 0 Å². The van der Waals surface area contributed by atoms with Crippen LogP contribution in [0.5, 0.6) is 0 Å². The number of nitrogens with zero attached hydrogens (tertiary/aromatic N) is 2. The molecule has 2 rings (SSSR count). The van der Waals surface area contributed by atoms with Crippen molar-refractivity contribution in [2.24, 2.45) is 5.16 Å². The molecule has 0 radical (unpaired) electrons. The molecule has 84 valence electrons. The van der Waals surface area contributed by atoms with Gasteiger partial charge in [0.1, 0.15) is 6.26 Å². The lowest BCUT2D eigenvalue weighted by atomic mass is 10.2. The molecule has 0 spiro atoms. The number of aromatic nitrogens is 1. The third-order valence-corrected chi connectivity index (χ3v) is 1.90. The van der Waals surface area contributed by atoms with Gasteiger partial charge in [0.2, 0.25) is 6.10 Å². The molecule has 1 amide bonds. The Labute approximate surface area is 88.8 Å². The van der Waals surface area contributed by atoms with Gasteiger partial charge in [-0.1, -0.05) is 10.3 Å². The number of aliphatic carboxylic acids is 1. The van der Waals surface area contributed by atoms with Gasteiger partial charge in [-0.15, -0.1) is 0 Å². The van der Waals surface area contributed by atoms with E-state index in [-0.39, 0.29) is 18.0 Å². The van der Waals surface area contributed by atoms with Crippen LogP contribution in [0.25, 0.3) is 0 Å². The summed E-state index contributed by atoms with van der Waals surface area (Å²) in [6.45, 7) is 0. The van der Waals surface area contributed by atoms with Crippen molar-refractivity contribution < 1.29 is 24.1 Å². The van der Waals surface area contributed by atoms with Gasteiger partial charge in [-0.05, 0) is 0 Å². The highest BCUT2D eigenvalue weighted by Crippen LogP contribution is 2.13. The minimum absolute atomic E-state index is 0.0704. The molecule has 1 aliphatic rings. The Morgan fingerprint density at radius 3 is 2.94 bits per heavy atom. The van der Waals surface area contributed by atoms with E-state index in [1.165, 1.54) is 12.3 Å². The molecule has 1 unspecified atom stereocenters. The quantitative estimate of drug-likeness (QED) is 0.738. The molecule has 0 aromatic carbocycles. The fourth-order valence-corrected chi connectivity index (χ4v) is 1.13. The first kappa shape index (κ1) is 10.1. The number of carbonyl (C=O) groups is 2. The second-order valence-corrected chi connectivity index (χ2v) is 3.02. The Morgan fingerprint density at radius 2 is 2.38 bits per heavy atom. The van der Waals surface area contributed by atoms with E-state index in [1.807, 2.05) is 0 Å². The van der Waals surface area contributed by atoms with Crippen molar-refractivity contribution in [1.29, 1.82) is 0 Å². The average Bonchev–Trinajstić information content (AvgIpc) is 2.86. The maximum Gasteiger partial charge on any atom is 0.353 e. The van der Waals surface area contributed by atoms with Gasteiger partial charge in [-0.25, -0.2) is 4.79 Å². The molecule has 0 aliphatic carbocycles. The lowest BCUT2D eigenvalue weighted by Gasteiger charge is -2.05. The first-order valence-corrected chi connectivity index (χ1v) is 4.34. The SMILES string of the molecule is O=C(O)C1=NOC(C(=O)Nc2ccon2)C1. The van der Waals surface area contributed by atoms with Crippen LogP contribution < -0.4 is 5.32 Å². The number of carboxylic acid groups (broad SMARTS) is 1. The van der Waals surface area contributed by atoms with Gasteiger partial charge in [0.25, 0.3) is 5.91 Å². The van der Waals surface area contributed by atoms with E-state index in [2.05, 4.69) is 25.0 Å². The summed E-state index contributed by atoms with van der Waals surface area (Å²) in [6.07, 6.45) is 0.284. The zero-order valence-corrected chi connectivity index (χ0v) is 7.91. The molecule has 2 heterocycles. The number of rotatable bonds is 3. The predicted molar refractivity (Wildman–Crippen MR) is 49.7 cm³/mol. The van der Waals surface area contributed by atoms with Gasteiger partial charge in [0.05, 0.1) is 0 Å². The molecular formula is C8H7N3O5. The number of amides is 1. The number of nitrogens with one attached hydrogen (secondary N) is 1. The molecule has 1 aromatic rings. The van der Waals surface area contributed by atoms with Crippen LogP contribution in [-0.4, -0.2) is 34.0 Å². The van der Waals surface area contributed by atoms with Crippen LogP contribution in [-0.2, 0) is 14.4 Å². The van der Waals surface area contributed by atoms with Gasteiger partial charge in [0.15, 0.2) is 11.5 Å². The molecule has 0 fully saturated rings. The van der Waals surface area contributed by atoms with Crippen LogP contribution in [0.1, 0.15) is 6.42 Å². The van der Waals surface area contributed by atoms with Crippen LogP contribution in [0.4, 0.5) is 5.82 Å². The van der Waals surface area contributed by atoms with E-state index >= 15 is 0 Å². The zero-order chi connectivity index (χ0) is 11.5. The topological polar surface area (TPSA) is 114 Å². The highest BCUT2D eigenvalue weighted by Gasteiger charge is 2.31. The molecule has 2 N–H and O–H groups in total. The predicted octanol–water partition coefficient (Wildman–Crippen LogP) is -0.157. The third-order valence-electron chi connectivity index (χ3n) is 1.90. The number of hydrogen-bond donors (Lipinski definition) is 2. The van der Waals surface area contributed by atoms with Crippen LogP contribution >= 0.6 is 0 Å². The van der Waals surface area contributed by atoms with Crippen molar-refractivity contribution in [3.8, 4) is 0 Å². The summed E-state index contributed by atoms with van der Waals surface area (Å²) in [5.41, 5.74) is -0.180. The Morgan fingerprint density at radius 1 is 1.56 bits per heavy atom. The minimum Gasteiger partial charge on any atom is -0.477 e. The normalized spacial score (nSPS) is 18.8. The highest BCUT2D eigenvalue weighted by atomic mass is 16.6. The lowest BCUT2D eigenvalue weighted by molar-refractivity contribution is -0.129. The summed E-state index contributed by atoms with van der Waals surface area (Å²) in [5, 5.41) is 17.7. The summed E-state index contributed by atoms with van der Waals surface area (Å²) in [6, 6.07) is 1.45. The van der Waals surface area contributed by atoms with Crippen molar-refractivity contribution in [2.45, 2.75) is 12.5 Å². The summed E-state index contributed by atoms with van der Waals surface area (Å²) in [4.78, 5) is 26.7. The second kappa shape index (κ2) is 4.01. The summed E-state index contributed by atoms with van der Waals surface area (Å²) in [7, 11) is 0. The van der Waals surface area contributed by atoms with Crippen molar-refractivity contribution in [3.05, 3.63) is 12.3 Å². The Hall–Kier alpha value is -2.38. The van der Waals surface area contributed by atoms with Crippen LogP contribution in [0.15, 0.2) is 22.0 Å². The maximum absolute atomic E-state index is 11.5. The van der Waals surface area contributed by atoms with Gasteiger partial charge in [-0.3, -0.25) is 4.79 Å².